The van der Waals surface area contributed by atoms with E-state index in [1.807, 2.05) is 0 Å². The van der Waals surface area contributed by atoms with Crippen LogP contribution in [0.1, 0.15) is 13.3 Å². The number of nitrogens with zero attached hydrogens (tertiary/aromatic N) is 1. The molecule has 1 aromatic rings. The lowest BCUT2D eigenvalue weighted by molar-refractivity contribution is -0.122. The van der Waals surface area contributed by atoms with Crippen molar-refractivity contribution in [2.24, 2.45) is 5.73 Å². The summed E-state index contributed by atoms with van der Waals surface area (Å²) in [6, 6.07) is 2.83. The fraction of sp³-hybridized carbons (Fsp3) is 0.364. The van der Waals surface area contributed by atoms with Crippen LogP contribution in [0, 0.1) is 0 Å². The summed E-state index contributed by atoms with van der Waals surface area (Å²) in [4.78, 5) is 26.4. The van der Waals surface area contributed by atoms with Gasteiger partial charge in [0, 0.05) is 31.0 Å². The Kier molecular flexibility index (Phi) is 7.66. The molecule has 0 aliphatic rings. The van der Waals surface area contributed by atoms with Gasteiger partial charge < -0.3 is 16.4 Å². The molecule has 0 fully saturated rings. The van der Waals surface area contributed by atoms with Crippen molar-refractivity contribution in [3.8, 4) is 0 Å². The molecule has 0 spiro atoms. The maximum Gasteiger partial charge on any atom is 0.236 e. The molecule has 0 radical (unpaired) electrons. The van der Waals surface area contributed by atoms with Gasteiger partial charge in [-0.1, -0.05) is 0 Å². The van der Waals surface area contributed by atoms with E-state index in [9.17, 15) is 9.59 Å². The Morgan fingerprint density at radius 3 is 2.56 bits per heavy atom. The molecule has 100 valence electrons. The maximum absolute atomic E-state index is 11.4. The third-order valence-electron chi connectivity index (χ3n) is 2.03. The van der Waals surface area contributed by atoms with Crippen molar-refractivity contribution in [2.45, 2.75) is 19.4 Å². The zero-order valence-corrected chi connectivity index (χ0v) is 10.9. The molecule has 0 saturated heterocycles. The molecule has 1 atom stereocenters. The molecular weight excluding hydrogens is 256 g/mol. The number of anilines is 1. The number of rotatable bonds is 5. The van der Waals surface area contributed by atoms with Crippen LogP contribution in [0.2, 0.25) is 0 Å². The van der Waals surface area contributed by atoms with E-state index in [-0.39, 0.29) is 37.2 Å². The molecule has 1 heterocycles. The summed E-state index contributed by atoms with van der Waals surface area (Å²) < 4.78 is 0. The van der Waals surface area contributed by atoms with E-state index in [0.29, 0.717) is 5.69 Å². The van der Waals surface area contributed by atoms with Gasteiger partial charge in [-0.15, -0.1) is 12.4 Å². The SMILES string of the molecule is CC(N)C(=O)NCCC(=O)Nc1ccncc1.Cl. The van der Waals surface area contributed by atoms with E-state index < -0.39 is 6.04 Å². The van der Waals surface area contributed by atoms with Crippen LogP contribution < -0.4 is 16.4 Å². The van der Waals surface area contributed by atoms with Gasteiger partial charge in [-0.3, -0.25) is 14.6 Å². The Balaban J connectivity index is 0.00000289. The maximum atomic E-state index is 11.4. The highest BCUT2D eigenvalue weighted by Gasteiger charge is 2.07. The van der Waals surface area contributed by atoms with Crippen molar-refractivity contribution in [3.63, 3.8) is 0 Å². The van der Waals surface area contributed by atoms with E-state index in [1.165, 1.54) is 0 Å². The van der Waals surface area contributed by atoms with Crippen molar-refractivity contribution in [3.05, 3.63) is 24.5 Å². The normalized spacial score (nSPS) is 11.0. The zero-order valence-electron chi connectivity index (χ0n) is 10.1. The monoisotopic (exact) mass is 272 g/mol. The quantitative estimate of drug-likeness (QED) is 0.718. The molecule has 1 rings (SSSR count). The molecule has 1 unspecified atom stereocenters. The number of pyridine rings is 1. The summed E-state index contributed by atoms with van der Waals surface area (Å²) in [5, 5.41) is 5.25. The minimum absolute atomic E-state index is 0. The van der Waals surface area contributed by atoms with Gasteiger partial charge in [0.15, 0.2) is 0 Å². The minimum atomic E-state index is -0.557. The van der Waals surface area contributed by atoms with Crippen molar-refractivity contribution in [1.29, 1.82) is 0 Å². The largest absolute Gasteiger partial charge is 0.354 e. The number of aromatic nitrogens is 1. The number of nitrogens with one attached hydrogen (secondary N) is 2. The van der Waals surface area contributed by atoms with Crippen LogP contribution in [0.5, 0.6) is 0 Å². The number of carbonyl (C=O) groups excluding carboxylic acids is 2. The van der Waals surface area contributed by atoms with Gasteiger partial charge in [0.1, 0.15) is 0 Å². The van der Waals surface area contributed by atoms with Crippen molar-refractivity contribution >= 4 is 29.9 Å². The molecule has 0 bridgehead atoms. The van der Waals surface area contributed by atoms with E-state index in [0.717, 1.165) is 0 Å². The molecule has 4 N–H and O–H groups in total. The summed E-state index contributed by atoms with van der Waals surface area (Å²) in [6.07, 6.45) is 3.39. The molecule has 7 heteroatoms. The van der Waals surface area contributed by atoms with E-state index in [2.05, 4.69) is 15.6 Å². The lowest BCUT2D eigenvalue weighted by Gasteiger charge is -2.08. The van der Waals surface area contributed by atoms with E-state index in [4.69, 9.17) is 5.73 Å². The molecule has 1 aromatic heterocycles. The lowest BCUT2D eigenvalue weighted by Crippen LogP contribution is -2.39. The predicted octanol–water partition coefficient (Wildman–Crippen LogP) is 0.295. The van der Waals surface area contributed by atoms with Gasteiger partial charge in [0.2, 0.25) is 11.8 Å². The number of amides is 2. The molecule has 0 aliphatic heterocycles. The Morgan fingerprint density at radius 2 is 2.00 bits per heavy atom. The fourth-order valence-electron chi connectivity index (χ4n) is 1.12. The van der Waals surface area contributed by atoms with Crippen molar-refractivity contribution < 1.29 is 9.59 Å². The Hall–Kier alpha value is -1.66. The third-order valence-corrected chi connectivity index (χ3v) is 2.03. The number of halogens is 1. The molecule has 6 nitrogen and oxygen atoms in total. The van der Waals surface area contributed by atoms with E-state index in [1.54, 1.807) is 31.5 Å². The van der Waals surface area contributed by atoms with Crippen LogP contribution in [0.4, 0.5) is 5.69 Å². The highest BCUT2D eigenvalue weighted by Crippen LogP contribution is 2.03. The Morgan fingerprint density at radius 1 is 1.39 bits per heavy atom. The predicted molar refractivity (Wildman–Crippen MR) is 71.4 cm³/mol. The molecule has 0 aliphatic carbocycles. The van der Waals surface area contributed by atoms with Gasteiger partial charge in [-0.25, -0.2) is 0 Å². The van der Waals surface area contributed by atoms with Crippen LogP contribution in [-0.4, -0.2) is 29.4 Å². The molecular formula is C11H17ClN4O2. The summed E-state index contributed by atoms with van der Waals surface area (Å²) in [5.41, 5.74) is 6.04. The van der Waals surface area contributed by atoms with Crippen LogP contribution in [0.15, 0.2) is 24.5 Å². The second kappa shape index (κ2) is 8.43. The minimum Gasteiger partial charge on any atom is -0.354 e. The first-order valence-electron chi connectivity index (χ1n) is 5.33. The first-order valence-corrected chi connectivity index (χ1v) is 5.33. The van der Waals surface area contributed by atoms with Crippen LogP contribution in [0.3, 0.4) is 0 Å². The first kappa shape index (κ1) is 16.3. The van der Waals surface area contributed by atoms with Crippen LogP contribution in [-0.2, 0) is 9.59 Å². The number of carbonyl (C=O) groups is 2. The fourth-order valence-corrected chi connectivity index (χ4v) is 1.12. The molecule has 18 heavy (non-hydrogen) atoms. The summed E-state index contributed by atoms with van der Waals surface area (Å²) >= 11 is 0. The number of hydrogen-bond acceptors (Lipinski definition) is 4. The molecule has 2 amide bonds. The average Bonchev–Trinajstić information content (AvgIpc) is 2.30. The van der Waals surface area contributed by atoms with E-state index >= 15 is 0 Å². The number of nitrogens with two attached hydrogens (primary N) is 1. The standard InChI is InChI=1S/C11H16N4O2.ClH/c1-8(12)11(17)14-7-4-10(16)15-9-2-5-13-6-3-9;/h2-3,5-6,8H,4,7,12H2,1H3,(H,14,17)(H,13,15,16);1H. The van der Waals surface area contributed by atoms with Crippen LogP contribution >= 0.6 is 12.4 Å². The zero-order chi connectivity index (χ0) is 12.7. The van der Waals surface area contributed by atoms with Crippen molar-refractivity contribution in [1.82, 2.24) is 10.3 Å². The van der Waals surface area contributed by atoms with Gasteiger partial charge in [-0.05, 0) is 19.1 Å². The van der Waals surface area contributed by atoms with Crippen molar-refractivity contribution in [2.75, 3.05) is 11.9 Å². The lowest BCUT2D eigenvalue weighted by atomic mass is 10.3. The second-order valence-corrected chi connectivity index (χ2v) is 3.61. The van der Waals surface area contributed by atoms with Crippen LogP contribution in [0.25, 0.3) is 0 Å². The average molecular weight is 273 g/mol. The topological polar surface area (TPSA) is 97.1 Å². The van der Waals surface area contributed by atoms with Gasteiger partial charge in [0.25, 0.3) is 0 Å². The van der Waals surface area contributed by atoms with Gasteiger partial charge in [-0.2, -0.15) is 0 Å². The molecule has 0 saturated carbocycles. The van der Waals surface area contributed by atoms with Gasteiger partial charge in [0.05, 0.1) is 6.04 Å². The number of hydrogen-bond donors (Lipinski definition) is 3. The highest BCUT2D eigenvalue weighted by atomic mass is 35.5. The smallest absolute Gasteiger partial charge is 0.236 e. The summed E-state index contributed by atoms with van der Waals surface area (Å²) in [6.45, 7) is 1.86. The summed E-state index contributed by atoms with van der Waals surface area (Å²) in [5.74, 6) is -0.428. The second-order valence-electron chi connectivity index (χ2n) is 3.61. The molecule has 0 aromatic carbocycles. The Labute approximate surface area is 112 Å². The Bertz CT molecular complexity index is 384. The first-order chi connectivity index (χ1) is 8.09. The summed E-state index contributed by atoms with van der Waals surface area (Å²) in [7, 11) is 0. The van der Waals surface area contributed by atoms with Gasteiger partial charge >= 0.3 is 0 Å². The third kappa shape index (κ3) is 6.17. The highest BCUT2D eigenvalue weighted by molar-refractivity contribution is 5.91.